The van der Waals surface area contributed by atoms with Gasteiger partial charge in [-0.15, -0.1) is 0 Å². The Balaban J connectivity index is 1.35. The van der Waals surface area contributed by atoms with Gasteiger partial charge in [0.15, 0.2) is 16.8 Å². The number of anilines is 1. The minimum Gasteiger partial charge on any atom is -0.376 e. The average Bonchev–Trinajstić information content (AvgIpc) is 3.54. The molecule has 2 aliphatic rings. The highest BCUT2D eigenvalue weighted by Crippen LogP contribution is 2.35. The van der Waals surface area contributed by atoms with E-state index in [1.165, 1.54) is 15.6 Å². The van der Waals surface area contributed by atoms with Crippen molar-refractivity contribution in [3.8, 4) is 0 Å². The molecular formula is C26H29F2N3O4S2. The molecule has 5 rings (SSSR count). The van der Waals surface area contributed by atoms with Gasteiger partial charge in [0, 0.05) is 25.6 Å². The van der Waals surface area contributed by atoms with Gasteiger partial charge in [0.2, 0.25) is 15.9 Å². The van der Waals surface area contributed by atoms with E-state index in [-0.39, 0.29) is 35.9 Å². The number of sulfonamides is 1. The number of piperidine rings is 1. The third-order valence-corrected chi connectivity index (χ3v) is 9.98. The zero-order chi connectivity index (χ0) is 26.3. The molecule has 2 aromatic carbocycles. The molecular weight excluding hydrogens is 520 g/mol. The van der Waals surface area contributed by atoms with E-state index >= 15 is 0 Å². The quantitative estimate of drug-likeness (QED) is 0.441. The van der Waals surface area contributed by atoms with Crippen LogP contribution in [0.4, 0.5) is 13.9 Å². The number of hydrogen-bond acceptors (Lipinski definition) is 6. The molecule has 198 valence electrons. The lowest BCUT2D eigenvalue weighted by Gasteiger charge is -2.33. The van der Waals surface area contributed by atoms with Crippen molar-refractivity contribution in [2.75, 3.05) is 31.1 Å². The van der Waals surface area contributed by atoms with Gasteiger partial charge in [-0.25, -0.2) is 22.2 Å². The fourth-order valence-electron chi connectivity index (χ4n) is 5.08. The van der Waals surface area contributed by atoms with Gasteiger partial charge in [-0.2, -0.15) is 4.31 Å². The van der Waals surface area contributed by atoms with E-state index in [1.54, 1.807) is 4.90 Å². The zero-order valence-electron chi connectivity index (χ0n) is 20.7. The molecule has 0 bridgehead atoms. The number of rotatable bonds is 6. The van der Waals surface area contributed by atoms with Crippen LogP contribution in [0.2, 0.25) is 0 Å². The Hall–Kier alpha value is -2.47. The van der Waals surface area contributed by atoms with E-state index in [9.17, 15) is 22.0 Å². The number of nitrogens with zero attached hydrogens (tertiary/aromatic N) is 3. The van der Waals surface area contributed by atoms with Crippen LogP contribution in [-0.2, 0) is 19.6 Å². The van der Waals surface area contributed by atoms with Crippen LogP contribution in [-0.4, -0.2) is 56.0 Å². The van der Waals surface area contributed by atoms with Gasteiger partial charge in [-0.1, -0.05) is 17.4 Å². The van der Waals surface area contributed by atoms with Gasteiger partial charge >= 0.3 is 0 Å². The molecule has 0 N–H and O–H groups in total. The Kier molecular flexibility index (Phi) is 7.32. The average molecular weight is 550 g/mol. The highest BCUT2D eigenvalue weighted by Gasteiger charge is 2.36. The molecule has 37 heavy (non-hydrogen) atoms. The molecule has 0 spiro atoms. The van der Waals surface area contributed by atoms with Crippen molar-refractivity contribution in [3.05, 3.63) is 53.1 Å². The Morgan fingerprint density at radius 2 is 1.89 bits per heavy atom. The monoisotopic (exact) mass is 549 g/mol. The summed E-state index contributed by atoms with van der Waals surface area (Å²) in [6.45, 7) is 5.35. The molecule has 11 heteroatoms. The summed E-state index contributed by atoms with van der Waals surface area (Å²) in [6.07, 6.45) is 2.41. The topological polar surface area (TPSA) is 79.8 Å². The number of carbonyl (C=O) groups excluding carboxylic acids is 1. The molecule has 2 fully saturated rings. The SMILES string of the molecule is Cc1cc(C)c2nc(N(CC3CCCO3)C(=O)C3CCN(S(=O)(=O)c4ccc(F)c(F)c4)CC3)sc2c1. The summed E-state index contributed by atoms with van der Waals surface area (Å²) in [5.74, 6) is -2.78. The van der Waals surface area contributed by atoms with Crippen LogP contribution in [0, 0.1) is 31.4 Å². The second-order valence-electron chi connectivity index (χ2n) is 9.76. The number of hydrogen-bond donors (Lipinski definition) is 0. The summed E-state index contributed by atoms with van der Waals surface area (Å²) in [5, 5.41) is 0.626. The van der Waals surface area contributed by atoms with Gasteiger partial charge in [0.05, 0.1) is 27.8 Å². The lowest BCUT2D eigenvalue weighted by molar-refractivity contribution is -0.123. The predicted molar refractivity (Wildman–Crippen MR) is 138 cm³/mol. The summed E-state index contributed by atoms with van der Waals surface area (Å²) >= 11 is 1.48. The third-order valence-electron chi connectivity index (χ3n) is 7.06. The normalized spacial score (nSPS) is 19.5. The largest absolute Gasteiger partial charge is 0.376 e. The Labute approximate surface area is 219 Å². The maximum absolute atomic E-state index is 13.8. The molecule has 2 aliphatic heterocycles. The van der Waals surface area contributed by atoms with Crippen LogP contribution in [0.1, 0.15) is 36.8 Å². The first-order valence-electron chi connectivity index (χ1n) is 12.4. The molecule has 3 heterocycles. The van der Waals surface area contributed by atoms with Crippen LogP contribution in [0.3, 0.4) is 0 Å². The van der Waals surface area contributed by atoms with Gasteiger partial charge in [-0.3, -0.25) is 9.69 Å². The van der Waals surface area contributed by atoms with Crippen LogP contribution in [0.15, 0.2) is 35.2 Å². The number of aromatic nitrogens is 1. The number of amides is 1. The van der Waals surface area contributed by atoms with Crippen LogP contribution in [0.5, 0.6) is 0 Å². The predicted octanol–water partition coefficient (Wildman–Crippen LogP) is 4.80. The number of benzene rings is 2. The fraction of sp³-hybridized carbons (Fsp3) is 0.462. The number of carbonyl (C=O) groups is 1. The highest BCUT2D eigenvalue weighted by atomic mass is 32.2. The van der Waals surface area contributed by atoms with Crippen LogP contribution < -0.4 is 4.90 Å². The van der Waals surface area contributed by atoms with Gasteiger partial charge in [-0.05, 0) is 74.9 Å². The third kappa shape index (κ3) is 5.27. The Morgan fingerprint density at radius 3 is 2.57 bits per heavy atom. The van der Waals surface area contributed by atoms with Crippen molar-refractivity contribution in [2.24, 2.45) is 5.92 Å². The van der Waals surface area contributed by atoms with Crippen molar-refractivity contribution in [2.45, 2.75) is 50.5 Å². The van der Waals surface area contributed by atoms with E-state index in [0.717, 1.165) is 46.3 Å². The Morgan fingerprint density at radius 1 is 1.14 bits per heavy atom. The molecule has 2 saturated heterocycles. The Bertz CT molecular complexity index is 1430. The fourth-order valence-corrected chi connectivity index (χ4v) is 7.72. The van der Waals surface area contributed by atoms with Crippen molar-refractivity contribution in [1.29, 1.82) is 0 Å². The van der Waals surface area contributed by atoms with Crippen molar-refractivity contribution in [1.82, 2.24) is 9.29 Å². The maximum atomic E-state index is 13.8. The molecule has 1 atom stereocenters. The number of aryl methyl sites for hydroxylation is 2. The molecule has 0 aliphatic carbocycles. The summed E-state index contributed by atoms with van der Waals surface area (Å²) in [6, 6.07) is 6.71. The molecule has 7 nitrogen and oxygen atoms in total. The van der Waals surface area contributed by atoms with E-state index in [2.05, 4.69) is 12.1 Å². The second-order valence-corrected chi connectivity index (χ2v) is 12.7. The molecule has 1 unspecified atom stereocenters. The van der Waals surface area contributed by atoms with E-state index < -0.39 is 21.7 Å². The minimum absolute atomic E-state index is 0.0624. The smallest absolute Gasteiger partial charge is 0.243 e. The first-order valence-corrected chi connectivity index (χ1v) is 14.6. The lowest BCUT2D eigenvalue weighted by Crippen LogP contribution is -2.46. The summed E-state index contributed by atoms with van der Waals surface area (Å²) in [4.78, 5) is 20.0. The lowest BCUT2D eigenvalue weighted by atomic mass is 9.96. The molecule has 0 radical (unpaired) electrons. The number of ether oxygens (including phenoxy) is 1. The van der Waals surface area contributed by atoms with Crippen LogP contribution in [0.25, 0.3) is 10.2 Å². The maximum Gasteiger partial charge on any atom is 0.243 e. The second kappa shape index (κ2) is 10.4. The highest BCUT2D eigenvalue weighted by molar-refractivity contribution is 7.89. The number of thiazole rings is 1. The standard InChI is InChI=1S/C26H29F2N3O4S2/c1-16-12-17(2)24-23(13-16)36-26(29-24)31(15-19-4-3-11-35-19)25(32)18-7-9-30(10-8-18)37(33,34)20-5-6-21(27)22(28)14-20/h5-6,12-14,18-19H,3-4,7-11,15H2,1-2H3. The molecule has 3 aromatic rings. The van der Waals surface area contributed by atoms with Gasteiger partial charge in [0.25, 0.3) is 0 Å². The van der Waals surface area contributed by atoms with Crippen molar-refractivity contribution < 1.29 is 26.7 Å². The van der Waals surface area contributed by atoms with E-state index in [1.807, 2.05) is 13.8 Å². The molecule has 1 aromatic heterocycles. The van der Waals surface area contributed by atoms with Crippen LogP contribution >= 0.6 is 11.3 Å². The molecule has 1 amide bonds. The van der Waals surface area contributed by atoms with E-state index in [4.69, 9.17) is 9.72 Å². The zero-order valence-corrected chi connectivity index (χ0v) is 22.4. The first-order chi connectivity index (χ1) is 17.6. The van der Waals surface area contributed by atoms with Crippen molar-refractivity contribution >= 4 is 42.6 Å². The minimum atomic E-state index is -4.00. The van der Waals surface area contributed by atoms with Gasteiger partial charge < -0.3 is 4.74 Å². The van der Waals surface area contributed by atoms with Crippen molar-refractivity contribution in [3.63, 3.8) is 0 Å². The van der Waals surface area contributed by atoms with Gasteiger partial charge in [0.1, 0.15) is 0 Å². The van der Waals surface area contributed by atoms with E-state index in [0.29, 0.717) is 37.2 Å². The first kappa shape index (κ1) is 26.1. The molecule has 0 saturated carbocycles. The number of halogens is 2. The summed E-state index contributed by atoms with van der Waals surface area (Å²) < 4.78 is 61.0. The summed E-state index contributed by atoms with van der Waals surface area (Å²) in [5.41, 5.74) is 3.06. The summed E-state index contributed by atoms with van der Waals surface area (Å²) in [7, 11) is -4.00. The number of fused-ring (bicyclic) bond motifs is 1.